The monoisotopic (exact) mass is 521 g/mol. The average molecular weight is 522 g/mol. The Kier molecular flexibility index (Phi) is 7.65. The number of anilines is 1. The molecule has 36 heavy (non-hydrogen) atoms. The molecule has 3 fully saturated rings. The molecule has 4 rings (SSSR count). The van der Waals surface area contributed by atoms with Gasteiger partial charge in [-0.2, -0.15) is 0 Å². The van der Waals surface area contributed by atoms with E-state index in [0.29, 0.717) is 18.5 Å². The summed E-state index contributed by atoms with van der Waals surface area (Å²) in [6, 6.07) is 1.59. The second-order valence-electron chi connectivity index (χ2n) is 8.79. The normalized spacial score (nSPS) is 26.2. The van der Waals surface area contributed by atoms with E-state index in [1.807, 2.05) is 0 Å². The Labute approximate surface area is 212 Å². The number of rotatable bonds is 6. The maximum Gasteiger partial charge on any atom is 0.310 e. The van der Waals surface area contributed by atoms with Crippen molar-refractivity contribution >= 4 is 46.9 Å². The minimum atomic E-state index is -1.04. The molecule has 3 saturated heterocycles. The van der Waals surface area contributed by atoms with E-state index < -0.39 is 48.1 Å². The van der Waals surface area contributed by atoms with E-state index in [2.05, 4.69) is 10.6 Å². The van der Waals surface area contributed by atoms with Crippen molar-refractivity contribution in [2.24, 2.45) is 0 Å². The number of nitrogens with one attached hydrogen (secondary N) is 2. The van der Waals surface area contributed by atoms with Crippen LogP contribution in [0.3, 0.4) is 0 Å². The molecule has 4 unspecified atom stereocenters. The molecule has 1 aromatic carbocycles. The summed E-state index contributed by atoms with van der Waals surface area (Å²) in [4.78, 5) is 64.3. The number of ether oxygens (including phenoxy) is 2. The first-order valence-electron chi connectivity index (χ1n) is 11.8. The van der Waals surface area contributed by atoms with Gasteiger partial charge < -0.3 is 25.8 Å². The number of nitrogen functional groups attached to an aromatic ring is 1. The predicted molar refractivity (Wildman–Crippen MR) is 126 cm³/mol. The maximum atomic E-state index is 13.6. The molecule has 0 aliphatic carbocycles. The zero-order valence-corrected chi connectivity index (χ0v) is 20.5. The Bertz CT molecular complexity index is 1080. The molecular formula is C23H28ClN5O7. The van der Waals surface area contributed by atoms with Crippen molar-refractivity contribution in [3.63, 3.8) is 0 Å². The van der Waals surface area contributed by atoms with Crippen molar-refractivity contribution in [2.45, 2.75) is 63.4 Å². The Balaban J connectivity index is 1.52. The van der Waals surface area contributed by atoms with Gasteiger partial charge in [0.05, 0.1) is 17.1 Å². The molecule has 4 N–H and O–H groups in total. The molecule has 1 aromatic rings. The highest BCUT2D eigenvalue weighted by atomic mass is 35.5. The van der Waals surface area contributed by atoms with E-state index in [0.717, 1.165) is 5.01 Å². The number of hydrogen-bond donors (Lipinski definition) is 3. The molecule has 3 aliphatic rings. The first-order chi connectivity index (χ1) is 17.2. The van der Waals surface area contributed by atoms with Gasteiger partial charge in [-0.1, -0.05) is 11.6 Å². The van der Waals surface area contributed by atoms with Crippen LogP contribution in [0.5, 0.6) is 0 Å². The Hall–Kier alpha value is -3.38. The molecule has 0 saturated carbocycles. The van der Waals surface area contributed by atoms with Crippen LogP contribution in [0, 0.1) is 0 Å². The SMILES string of the molecule is CCOC1OC(=O)CC1NC(=O)C1CCCN2C(=O)CCC(NC(=O)c3ccc(N)c(Cl)c3)C(=O)N12. The van der Waals surface area contributed by atoms with Gasteiger partial charge in [-0.3, -0.25) is 29.0 Å². The molecule has 0 bridgehead atoms. The topological polar surface area (TPSA) is 160 Å². The van der Waals surface area contributed by atoms with Crippen molar-refractivity contribution < 1.29 is 33.4 Å². The Morgan fingerprint density at radius 1 is 1.22 bits per heavy atom. The summed E-state index contributed by atoms with van der Waals surface area (Å²) in [5.74, 6) is -2.49. The highest BCUT2D eigenvalue weighted by molar-refractivity contribution is 6.33. The van der Waals surface area contributed by atoms with Crippen LogP contribution in [0.15, 0.2) is 18.2 Å². The third-order valence-electron chi connectivity index (χ3n) is 6.35. The lowest BCUT2D eigenvalue weighted by Gasteiger charge is -2.43. The van der Waals surface area contributed by atoms with E-state index >= 15 is 0 Å². The molecule has 12 nitrogen and oxygen atoms in total. The summed E-state index contributed by atoms with van der Waals surface area (Å²) in [5.41, 5.74) is 6.21. The summed E-state index contributed by atoms with van der Waals surface area (Å²) in [6.45, 7) is 2.29. The number of nitrogens with two attached hydrogens (primary N) is 1. The summed E-state index contributed by atoms with van der Waals surface area (Å²) in [6.07, 6.45) is -0.0965. The lowest BCUT2D eigenvalue weighted by Crippen LogP contribution is -2.64. The molecular weight excluding hydrogens is 494 g/mol. The van der Waals surface area contributed by atoms with Crippen LogP contribution in [0.25, 0.3) is 0 Å². The highest BCUT2D eigenvalue weighted by Gasteiger charge is 2.46. The summed E-state index contributed by atoms with van der Waals surface area (Å²) in [7, 11) is 0. The third kappa shape index (κ3) is 5.24. The number of nitrogens with zero attached hydrogens (tertiary/aromatic N) is 2. The van der Waals surface area contributed by atoms with Gasteiger partial charge in [-0.05, 0) is 44.4 Å². The fourth-order valence-electron chi connectivity index (χ4n) is 4.56. The number of carbonyl (C=O) groups is 5. The van der Waals surface area contributed by atoms with Crippen molar-refractivity contribution in [1.82, 2.24) is 20.7 Å². The van der Waals surface area contributed by atoms with Crippen LogP contribution in [-0.4, -0.2) is 77.2 Å². The minimum absolute atomic E-state index is 0.0153. The Morgan fingerprint density at radius 3 is 2.72 bits per heavy atom. The predicted octanol–water partition coefficient (Wildman–Crippen LogP) is 0.343. The number of esters is 1. The van der Waals surface area contributed by atoms with Crippen molar-refractivity contribution in [2.75, 3.05) is 18.9 Å². The van der Waals surface area contributed by atoms with Gasteiger partial charge in [-0.25, -0.2) is 5.01 Å². The van der Waals surface area contributed by atoms with E-state index in [1.165, 1.54) is 23.2 Å². The van der Waals surface area contributed by atoms with Gasteiger partial charge >= 0.3 is 5.97 Å². The van der Waals surface area contributed by atoms with E-state index in [1.54, 1.807) is 6.92 Å². The van der Waals surface area contributed by atoms with Crippen LogP contribution >= 0.6 is 11.6 Å². The summed E-state index contributed by atoms with van der Waals surface area (Å²) >= 11 is 6.01. The molecule has 13 heteroatoms. The van der Waals surface area contributed by atoms with E-state index in [9.17, 15) is 24.0 Å². The van der Waals surface area contributed by atoms with E-state index in [4.69, 9.17) is 26.8 Å². The van der Waals surface area contributed by atoms with Crippen LogP contribution < -0.4 is 16.4 Å². The van der Waals surface area contributed by atoms with Gasteiger partial charge in [0.15, 0.2) is 0 Å². The lowest BCUT2D eigenvalue weighted by atomic mass is 10.0. The van der Waals surface area contributed by atoms with Crippen LogP contribution in [0.2, 0.25) is 5.02 Å². The number of halogens is 1. The number of amides is 4. The molecule has 3 heterocycles. The quantitative estimate of drug-likeness (QED) is 0.357. The van der Waals surface area contributed by atoms with Crippen molar-refractivity contribution in [3.8, 4) is 0 Å². The van der Waals surface area contributed by atoms with Crippen molar-refractivity contribution in [3.05, 3.63) is 28.8 Å². The van der Waals surface area contributed by atoms with Crippen LogP contribution in [0.4, 0.5) is 5.69 Å². The summed E-state index contributed by atoms with van der Waals surface area (Å²) < 4.78 is 10.5. The van der Waals surface area contributed by atoms with Gasteiger partial charge in [0.1, 0.15) is 18.1 Å². The van der Waals surface area contributed by atoms with E-state index in [-0.39, 0.29) is 48.9 Å². The first-order valence-corrected chi connectivity index (χ1v) is 12.2. The Morgan fingerprint density at radius 2 is 2.00 bits per heavy atom. The molecule has 194 valence electrons. The third-order valence-corrected chi connectivity index (χ3v) is 6.68. The summed E-state index contributed by atoms with van der Waals surface area (Å²) in [5, 5.41) is 8.02. The number of hydrazine groups is 1. The van der Waals surface area contributed by atoms with Gasteiger partial charge in [0.2, 0.25) is 18.1 Å². The molecule has 3 aliphatic heterocycles. The molecule has 0 aromatic heterocycles. The second-order valence-corrected chi connectivity index (χ2v) is 9.20. The largest absolute Gasteiger partial charge is 0.433 e. The fourth-order valence-corrected chi connectivity index (χ4v) is 4.74. The number of hydrogen-bond acceptors (Lipinski definition) is 8. The smallest absolute Gasteiger partial charge is 0.310 e. The number of carbonyl (C=O) groups excluding carboxylic acids is 5. The standard InChI is InChI=1S/C23H28ClN5O7/c1-2-35-23-16(11-19(31)36-23)27-21(33)17-4-3-9-28-18(30)8-7-15(22(34)29(17)28)26-20(32)12-5-6-14(25)13(24)10-12/h5-6,10,15-17,23H,2-4,7-9,11,25H2,1H3,(H,26,32)(H,27,33). The zero-order valence-electron chi connectivity index (χ0n) is 19.7. The van der Waals surface area contributed by atoms with Gasteiger partial charge in [0, 0.05) is 25.1 Å². The molecule has 4 atom stereocenters. The maximum absolute atomic E-state index is 13.6. The number of benzene rings is 1. The highest BCUT2D eigenvalue weighted by Crippen LogP contribution is 2.26. The molecule has 0 spiro atoms. The fraction of sp³-hybridized carbons (Fsp3) is 0.522. The van der Waals surface area contributed by atoms with Gasteiger partial charge in [0.25, 0.3) is 11.8 Å². The van der Waals surface area contributed by atoms with Gasteiger partial charge in [-0.15, -0.1) is 0 Å². The number of fused-ring (bicyclic) bond motifs is 1. The molecule has 0 radical (unpaired) electrons. The first kappa shape index (κ1) is 25.7. The van der Waals surface area contributed by atoms with Crippen LogP contribution in [0.1, 0.15) is 49.4 Å². The zero-order chi connectivity index (χ0) is 26.0. The average Bonchev–Trinajstić information content (AvgIpc) is 3.14. The minimum Gasteiger partial charge on any atom is -0.433 e. The van der Waals surface area contributed by atoms with Crippen molar-refractivity contribution in [1.29, 1.82) is 0 Å². The second kappa shape index (κ2) is 10.7. The molecule has 4 amide bonds. The van der Waals surface area contributed by atoms with Crippen LogP contribution in [-0.2, 0) is 28.7 Å². The lowest BCUT2D eigenvalue weighted by molar-refractivity contribution is -0.177. The number of cyclic esters (lactones) is 1.